The summed E-state index contributed by atoms with van der Waals surface area (Å²) in [5.41, 5.74) is 1.32. The van der Waals surface area contributed by atoms with Gasteiger partial charge in [0.2, 0.25) is 0 Å². The van der Waals surface area contributed by atoms with Gasteiger partial charge in [-0.2, -0.15) is 0 Å². The van der Waals surface area contributed by atoms with Crippen molar-refractivity contribution in [2.75, 3.05) is 14.2 Å². The van der Waals surface area contributed by atoms with E-state index in [9.17, 15) is 0 Å². The van der Waals surface area contributed by atoms with E-state index >= 15 is 0 Å². The Labute approximate surface area is 115 Å². The first-order valence-corrected chi connectivity index (χ1v) is 7.45. The number of hydrogen-bond acceptors (Lipinski definition) is 4. The largest absolute Gasteiger partial charge is 0.380 e. The molecule has 0 radical (unpaired) electrons. The van der Waals surface area contributed by atoms with Gasteiger partial charge in [0, 0.05) is 30.4 Å². The molecule has 0 aliphatic rings. The second-order valence-corrected chi connectivity index (χ2v) is 6.60. The van der Waals surface area contributed by atoms with E-state index in [1.54, 1.807) is 18.4 Å². The Morgan fingerprint density at radius 2 is 2.11 bits per heavy atom. The lowest BCUT2D eigenvalue weighted by Crippen LogP contribution is -2.40. The molecule has 4 heteroatoms. The molecule has 0 saturated heterocycles. The molecule has 0 amide bonds. The van der Waals surface area contributed by atoms with Gasteiger partial charge in [0.25, 0.3) is 0 Å². The van der Waals surface area contributed by atoms with Gasteiger partial charge < -0.3 is 10.1 Å². The summed E-state index contributed by atoms with van der Waals surface area (Å²) in [6, 6.07) is 0.332. The van der Waals surface area contributed by atoms with Gasteiger partial charge in [-0.05, 0) is 13.5 Å². The van der Waals surface area contributed by atoms with Crippen LogP contribution in [0, 0.1) is 0 Å². The maximum Gasteiger partial charge on any atom is 0.0945 e. The van der Waals surface area contributed by atoms with E-state index in [0.29, 0.717) is 6.04 Å². The van der Waals surface area contributed by atoms with E-state index in [1.165, 1.54) is 10.7 Å². The van der Waals surface area contributed by atoms with Gasteiger partial charge in [-0.25, -0.2) is 4.98 Å². The van der Waals surface area contributed by atoms with Gasteiger partial charge in [-0.15, -0.1) is 11.3 Å². The first-order chi connectivity index (χ1) is 8.42. The lowest BCUT2D eigenvalue weighted by atomic mass is 9.93. The van der Waals surface area contributed by atoms with Gasteiger partial charge in [-0.3, -0.25) is 0 Å². The van der Waals surface area contributed by atoms with Crippen molar-refractivity contribution in [1.82, 2.24) is 10.3 Å². The lowest BCUT2D eigenvalue weighted by Gasteiger charge is -2.23. The predicted molar refractivity (Wildman–Crippen MR) is 78.5 cm³/mol. The molecule has 18 heavy (non-hydrogen) atoms. The topological polar surface area (TPSA) is 34.1 Å². The van der Waals surface area contributed by atoms with Crippen LogP contribution in [0.3, 0.4) is 0 Å². The number of nitrogens with zero attached hydrogens (tertiary/aromatic N) is 1. The summed E-state index contributed by atoms with van der Waals surface area (Å²) in [5.74, 6) is 0. The molecule has 2 unspecified atom stereocenters. The summed E-state index contributed by atoms with van der Waals surface area (Å²) < 4.78 is 5.51. The normalized spacial score (nSPS) is 15.7. The standard InChI is InChI=1S/C14H26N2OS/c1-7-11(17-6)10(15-5)8-13-16-12(9-18-13)14(2,3)4/h9-11,15H,7-8H2,1-6H3. The van der Waals surface area contributed by atoms with Crippen molar-refractivity contribution in [2.45, 2.75) is 58.1 Å². The minimum Gasteiger partial charge on any atom is -0.380 e. The van der Waals surface area contributed by atoms with Crippen LogP contribution in [-0.2, 0) is 16.6 Å². The zero-order valence-corrected chi connectivity index (χ0v) is 13.2. The highest BCUT2D eigenvalue weighted by molar-refractivity contribution is 7.09. The van der Waals surface area contributed by atoms with Crippen LogP contribution in [0.5, 0.6) is 0 Å². The lowest BCUT2D eigenvalue weighted by molar-refractivity contribution is 0.0677. The minimum absolute atomic E-state index is 0.134. The number of hydrogen-bond donors (Lipinski definition) is 1. The molecule has 0 fully saturated rings. The SMILES string of the molecule is CCC(OC)C(Cc1nc(C(C)(C)C)cs1)NC. The molecule has 0 aliphatic carbocycles. The highest BCUT2D eigenvalue weighted by Crippen LogP contribution is 2.25. The summed E-state index contributed by atoms with van der Waals surface area (Å²) in [4.78, 5) is 4.74. The summed E-state index contributed by atoms with van der Waals surface area (Å²) >= 11 is 1.75. The zero-order valence-electron chi connectivity index (χ0n) is 12.4. The maximum atomic E-state index is 5.51. The van der Waals surface area contributed by atoms with E-state index < -0.39 is 0 Å². The number of thiazole rings is 1. The molecule has 0 saturated carbocycles. The third kappa shape index (κ3) is 4.04. The zero-order chi connectivity index (χ0) is 13.8. The molecule has 2 atom stereocenters. The molecule has 1 aromatic rings. The molecule has 0 aromatic carbocycles. The number of rotatable bonds is 6. The smallest absolute Gasteiger partial charge is 0.0945 e. The van der Waals surface area contributed by atoms with Crippen LogP contribution < -0.4 is 5.32 Å². The Morgan fingerprint density at radius 3 is 2.50 bits per heavy atom. The average molecular weight is 270 g/mol. The molecule has 104 valence electrons. The highest BCUT2D eigenvalue weighted by Gasteiger charge is 2.22. The molecule has 1 heterocycles. The van der Waals surface area contributed by atoms with Crippen LogP contribution in [0.15, 0.2) is 5.38 Å². The number of nitrogens with one attached hydrogen (secondary N) is 1. The van der Waals surface area contributed by atoms with Crippen molar-refractivity contribution in [3.8, 4) is 0 Å². The Bertz CT molecular complexity index is 353. The average Bonchev–Trinajstić information content (AvgIpc) is 2.77. The molecule has 1 rings (SSSR count). The molecule has 3 nitrogen and oxygen atoms in total. The predicted octanol–water partition coefficient (Wildman–Crippen LogP) is 3.00. The molecular formula is C14H26N2OS. The van der Waals surface area contributed by atoms with Crippen molar-refractivity contribution in [3.05, 3.63) is 16.1 Å². The third-order valence-electron chi connectivity index (χ3n) is 3.24. The van der Waals surface area contributed by atoms with Crippen LogP contribution in [-0.4, -0.2) is 31.3 Å². The Balaban J connectivity index is 2.73. The third-order valence-corrected chi connectivity index (χ3v) is 4.11. The van der Waals surface area contributed by atoms with Gasteiger partial charge in [0.05, 0.1) is 16.8 Å². The van der Waals surface area contributed by atoms with E-state index in [4.69, 9.17) is 9.72 Å². The van der Waals surface area contributed by atoms with Crippen molar-refractivity contribution >= 4 is 11.3 Å². The van der Waals surface area contributed by atoms with Crippen molar-refractivity contribution < 1.29 is 4.74 Å². The van der Waals surface area contributed by atoms with Gasteiger partial charge in [-0.1, -0.05) is 27.7 Å². The van der Waals surface area contributed by atoms with Crippen molar-refractivity contribution in [1.29, 1.82) is 0 Å². The van der Waals surface area contributed by atoms with E-state index in [0.717, 1.165) is 12.8 Å². The first-order valence-electron chi connectivity index (χ1n) is 6.57. The van der Waals surface area contributed by atoms with Crippen LogP contribution in [0.4, 0.5) is 0 Å². The Hall–Kier alpha value is -0.450. The number of aromatic nitrogens is 1. The highest BCUT2D eigenvalue weighted by atomic mass is 32.1. The molecule has 0 aliphatic heterocycles. The molecule has 0 spiro atoms. The fourth-order valence-corrected chi connectivity index (χ4v) is 3.05. The van der Waals surface area contributed by atoms with Crippen LogP contribution in [0.1, 0.15) is 44.8 Å². The molecule has 0 bridgehead atoms. The number of methoxy groups -OCH3 is 1. The minimum atomic E-state index is 0.134. The first kappa shape index (κ1) is 15.6. The molecular weight excluding hydrogens is 244 g/mol. The summed E-state index contributed by atoms with van der Waals surface area (Å²) in [7, 11) is 3.77. The second-order valence-electron chi connectivity index (χ2n) is 5.66. The van der Waals surface area contributed by atoms with Crippen LogP contribution >= 0.6 is 11.3 Å². The number of ether oxygens (including phenoxy) is 1. The fraction of sp³-hybridized carbons (Fsp3) is 0.786. The van der Waals surface area contributed by atoms with Crippen molar-refractivity contribution in [3.63, 3.8) is 0 Å². The van der Waals surface area contributed by atoms with Crippen LogP contribution in [0.25, 0.3) is 0 Å². The van der Waals surface area contributed by atoms with E-state index in [2.05, 4.69) is 38.4 Å². The molecule has 1 aromatic heterocycles. The Morgan fingerprint density at radius 1 is 1.44 bits per heavy atom. The van der Waals surface area contributed by atoms with Gasteiger partial charge >= 0.3 is 0 Å². The fourth-order valence-electron chi connectivity index (χ4n) is 1.97. The summed E-state index contributed by atoms with van der Waals surface area (Å²) in [5, 5.41) is 6.71. The van der Waals surface area contributed by atoms with Gasteiger partial charge in [0.1, 0.15) is 0 Å². The van der Waals surface area contributed by atoms with E-state index in [1.807, 2.05) is 7.05 Å². The van der Waals surface area contributed by atoms with Crippen molar-refractivity contribution in [2.24, 2.45) is 0 Å². The monoisotopic (exact) mass is 270 g/mol. The van der Waals surface area contributed by atoms with Crippen LogP contribution in [0.2, 0.25) is 0 Å². The summed E-state index contributed by atoms with van der Waals surface area (Å²) in [6.45, 7) is 8.75. The second kappa shape index (κ2) is 6.64. The van der Waals surface area contributed by atoms with Gasteiger partial charge in [0.15, 0.2) is 0 Å². The van der Waals surface area contributed by atoms with E-state index in [-0.39, 0.29) is 11.5 Å². The summed E-state index contributed by atoms with van der Waals surface area (Å²) in [6.07, 6.45) is 2.19. The Kier molecular flexibility index (Phi) is 5.76. The quantitative estimate of drug-likeness (QED) is 0.863. The maximum absolute atomic E-state index is 5.51. The molecule has 1 N–H and O–H groups in total. The number of likely N-dealkylation sites (N-methyl/N-ethyl adjacent to an activating group) is 1.